The van der Waals surface area contributed by atoms with E-state index in [4.69, 9.17) is 11.6 Å². The molecule has 0 radical (unpaired) electrons. The monoisotopic (exact) mass is 388 g/mol. The van der Waals surface area contributed by atoms with Crippen molar-refractivity contribution in [1.29, 1.82) is 0 Å². The van der Waals surface area contributed by atoms with E-state index in [9.17, 15) is 8.42 Å². The van der Waals surface area contributed by atoms with Gasteiger partial charge in [0.05, 0.1) is 4.90 Å². The number of fused-ring (bicyclic) bond motifs is 1. The van der Waals surface area contributed by atoms with E-state index >= 15 is 0 Å². The average molecular weight is 389 g/mol. The molecule has 1 saturated heterocycles. The highest BCUT2D eigenvalue weighted by atomic mass is 35.5. The van der Waals surface area contributed by atoms with Crippen molar-refractivity contribution in [2.24, 2.45) is 0 Å². The lowest BCUT2D eigenvalue weighted by atomic mass is 10.1. The lowest BCUT2D eigenvalue weighted by Gasteiger charge is -2.19. The van der Waals surface area contributed by atoms with E-state index in [0.717, 1.165) is 47.8 Å². The SMILES string of the molecule is O=S(=O)(c1ccc2[nH]c(-c3ccc(Cl)cc3)cc2c1)N1CCCCCC1. The van der Waals surface area contributed by atoms with E-state index in [1.54, 1.807) is 16.4 Å². The summed E-state index contributed by atoms with van der Waals surface area (Å²) in [7, 11) is -3.44. The third-order valence-corrected chi connectivity index (χ3v) is 7.10. The molecule has 1 aliphatic rings. The number of benzene rings is 2. The predicted octanol–water partition coefficient (Wildman–Crippen LogP) is 5.05. The number of nitrogens with one attached hydrogen (secondary N) is 1. The number of hydrogen-bond acceptors (Lipinski definition) is 2. The molecule has 1 aliphatic heterocycles. The maximum absolute atomic E-state index is 13.0. The summed E-state index contributed by atoms with van der Waals surface area (Å²) in [6.07, 6.45) is 4.08. The number of rotatable bonds is 3. The van der Waals surface area contributed by atoms with Gasteiger partial charge in [-0.05, 0) is 54.8 Å². The van der Waals surface area contributed by atoms with Gasteiger partial charge in [0.2, 0.25) is 10.0 Å². The molecular formula is C20H21ClN2O2S. The van der Waals surface area contributed by atoms with Crippen LogP contribution in [0.25, 0.3) is 22.2 Å². The van der Waals surface area contributed by atoms with Crippen molar-refractivity contribution < 1.29 is 8.42 Å². The van der Waals surface area contributed by atoms with Crippen LogP contribution in [0.1, 0.15) is 25.7 Å². The fourth-order valence-corrected chi connectivity index (χ4v) is 5.17. The maximum atomic E-state index is 13.0. The Morgan fingerprint density at radius 1 is 0.885 bits per heavy atom. The number of aromatic amines is 1. The van der Waals surface area contributed by atoms with Crippen LogP contribution in [0.5, 0.6) is 0 Å². The normalized spacial score (nSPS) is 16.7. The van der Waals surface area contributed by atoms with Crippen molar-refractivity contribution in [3.8, 4) is 11.3 Å². The zero-order chi connectivity index (χ0) is 18.1. The van der Waals surface area contributed by atoms with Gasteiger partial charge in [0.1, 0.15) is 0 Å². The Bertz CT molecular complexity index is 1020. The summed E-state index contributed by atoms with van der Waals surface area (Å²) >= 11 is 5.95. The van der Waals surface area contributed by atoms with Crippen LogP contribution in [-0.2, 0) is 10.0 Å². The molecule has 4 nitrogen and oxygen atoms in total. The first-order valence-electron chi connectivity index (χ1n) is 8.93. The topological polar surface area (TPSA) is 53.2 Å². The molecule has 26 heavy (non-hydrogen) atoms. The van der Waals surface area contributed by atoms with Crippen LogP contribution < -0.4 is 0 Å². The van der Waals surface area contributed by atoms with Gasteiger partial charge in [0, 0.05) is 34.7 Å². The third-order valence-electron chi connectivity index (χ3n) is 4.95. The lowest BCUT2D eigenvalue weighted by Crippen LogP contribution is -2.31. The van der Waals surface area contributed by atoms with Gasteiger partial charge in [-0.2, -0.15) is 4.31 Å². The summed E-state index contributed by atoms with van der Waals surface area (Å²) in [6, 6.07) is 14.9. The van der Waals surface area contributed by atoms with E-state index < -0.39 is 10.0 Å². The molecule has 2 heterocycles. The molecule has 1 fully saturated rings. The minimum atomic E-state index is -3.44. The van der Waals surface area contributed by atoms with Gasteiger partial charge < -0.3 is 4.98 Å². The van der Waals surface area contributed by atoms with E-state index in [1.807, 2.05) is 36.4 Å². The third kappa shape index (κ3) is 3.39. The number of halogens is 1. The second-order valence-electron chi connectivity index (χ2n) is 6.76. The van der Waals surface area contributed by atoms with Crippen LogP contribution in [0.3, 0.4) is 0 Å². The van der Waals surface area contributed by atoms with E-state index in [-0.39, 0.29) is 0 Å². The van der Waals surface area contributed by atoms with E-state index in [1.165, 1.54) is 0 Å². The molecule has 1 aromatic heterocycles. The predicted molar refractivity (Wildman–Crippen MR) is 106 cm³/mol. The van der Waals surface area contributed by atoms with Crippen LogP contribution in [0.2, 0.25) is 5.02 Å². The Balaban J connectivity index is 1.70. The number of aromatic nitrogens is 1. The Morgan fingerprint density at radius 2 is 1.58 bits per heavy atom. The van der Waals surface area contributed by atoms with Crippen molar-refractivity contribution in [1.82, 2.24) is 9.29 Å². The molecule has 136 valence electrons. The fraction of sp³-hybridized carbons (Fsp3) is 0.300. The first kappa shape index (κ1) is 17.6. The molecule has 0 bridgehead atoms. The highest BCUT2D eigenvalue weighted by Crippen LogP contribution is 2.28. The molecule has 0 aliphatic carbocycles. The molecule has 0 spiro atoms. The van der Waals surface area contributed by atoms with Crippen molar-refractivity contribution in [3.63, 3.8) is 0 Å². The first-order chi connectivity index (χ1) is 12.5. The molecule has 0 atom stereocenters. The van der Waals surface area contributed by atoms with Crippen LogP contribution in [0.4, 0.5) is 0 Å². The van der Waals surface area contributed by atoms with E-state index in [0.29, 0.717) is 23.0 Å². The van der Waals surface area contributed by atoms with Gasteiger partial charge in [-0.3, -0.25) is 0 Å². The summed E-state index contributed by atoms with van der Waals surface area (Å²) in [6.45, 7) is 1.23. The Hall–Kier alpha value is -1.82. The fourth-order valence-electron chi connectivity index (χ4n) is 3.49. The first-order valence-corrected chi connectivity index (χ1v) is 10.7. The molecule has 4 rings (SSSR count). The summed E-state index contributed by atoms with van der Waals surface area (Å²) in [4.78, 5) is 3.72. The zero-order valence-corrected chi connectivity index (χ0v) is 16.0. The van der Waals surface area contributed by atoms with Gasteiger partial charge in [0.15, 0.2) is 0 Å². The van der Waals surface area contributed by atoms with Crippen LogP contribution in [0, 0.1) is 0 Å². The Labute approximate surface area is 158 Å². The molecule has 0 amide bonds. The molecule has 0 saturated carbocycles. The Kier molecular flexibility index (Phi) is 4.78. The molecule has 0 unspecified atom stereocenters. The van der Waals surface area contributed by atoms with Crippen LogP contribution >= 0.6 is 11.6 Å². The molecule has 2 aromatic carbocycles. The number of sulfonamides is 1. The summed E-state index contributed by atoms with van der Waals surface area (Å²) in [5.41, 5.74) is 2.88. The van der Waals surface area contributed by atoms with Crippen LogP contribution in [-0.4, -0.2) is 30.8 Å². The van der Waals surface area contributed by atoms with Gasteiger partial charge in [0.25, 0.3) is 0 Å². The lowest BCUT2D eigenvalue weighted by molar-refractivity contribution is 0.424. The molecule has 1 N–H and O–H groups in total. The van der Waals surface area contributed by atoms with Crippen LogP contribution in [0.15, 0.2) is 53.4 Å². The molecular weight excluding hydrogens is 368 g/mol. The standard InChI is InChI=1S/C20H21ClN2O2S/c21-17-7-5-15(6-8-17)20-14-16-13-18(9-10-19(16)22-20)26(24,25)23-11-3-1-2-4-12-23/h5-10,13-14,22H,1-4,11-12H2. The molecule has 3 aromatic rings. The smallest absolute Gasteiger partial charge is 0.243 e. The van der Waals surface area contributed by atoms with Crippen molar-refractivity contribution in [2.75, 3.05) is 13.1 Å². The second-order valence-corrected chi connectivity index (χ2v) is 9.13. The van der Waals surface area contributed by atoms with Crippen molar-refractivity contribution in [2.45, 2.75) is 30.6 Å². The summed E-state index contributed by atoms with van der Waals surface area (Å²) < 4.78 is 27.6. The zero-order valence-electron chi connectivity index (χ0n) is 14.4. The van der Waals surface area contributed by atoms with E-state index in [2.05, 4.69) is 4.98 Å². The number of H-pyrrole nitrogens is 1. The largest absolute Gasteiger partial charge is 0.355 e. The van der Waals surface area contributed by atoms with Gasteiger partial charge in [-0.25, -0.2) is 8.42 Å². The molecule has 6 heteroatoms. The quantitative estimate of drug-likeness (QED) is 0.682. The highest BCUT2D eigenvalue weighted by molar-refractivity contribution is 7.89. The highest BCUT2D eigenvalue weighted by Gasteiger charge is 2.25. The van der Waals surface area contributed by atoms with Gasteiger partial charge in [-0.1, -0.05) is 36.6 Å². The maximum Gasteiger partial charge on any atom is 0.243 e. The number of hydrogen-bond donors (Lipinski definition) is 1. The number of nitrogens with zero attached hydrogens (tertiary/aromatic N) is 1. The van der Waals surface area contributed by atoms with Crippen molar-refractivity contribution >= 4 is 32.5 Å². The average Bonchev–Trinajstić information content (AvgIpc) is 2.86. The minimum Gasteiger partial charge on any atom is -0.355 e. The second kappa shape index (κ2) is 7.06. The summed E-state index contributed by atoms with van der Waals surface area (Å²) in [5, 5.41) is 1.58. The Morgan fingerprint density at radius 3 is 2.27 bits per heavy atom. The minimum absolute atomic E-state index is 0.369. The van der Waals surface area contributed by atoms with Gasteiger partial charge >= 0.3 is 0 Å². The summed E-state index contributed by atoms with van der Waals surface area (Å²) in [5.74, 6) is 0. The van der Waals surface area contributed by atoms with Crippen molar-refractivity contribution in [3.05, 3.63) is 53.6 Å². The van der Waals surface area contributed by atoms with Gasteiger partial charge in [-0.15, -0.1) is 0 Å².